The van der Waals surface area contributed by atoms with Crippen LogP contribution < -0.4 is 0 Å². The van der Waals surface area contributed by atoms with Crippen molar-refractivity contribution in [3.05, 3.63) is 0 Å². The zero-order valence-electron chi connectivity index (χ0n) is 9.17. The highest BCUT2D eigenvalue weighted by atomic mass is 16.7. The fourth-order valence-electron chi connectivity index (χ4n) is 1.46. The third-order valence-corrected chi connectivity index (χ3v) is 2.39. The summed E-state index contributed by atoms with van der Waals surface area (Å²) in [5.74, 6) is -2.60. The van der Waals surface area contributed by atoms with Gasteiger partial charge in [0.15, 0.2) is 0 Å². The van der Waals surface area contributed by atoms with Crippen LogP contribution in [0.2, 0.25) is 0 Å². The molecule has 1 heterocycles. The van der Waals surface area contributed by atoms with Gasteiger partial charge < -0.3 is 35.0 Å². The first-order valence-electron chi connectivity index (χ1n) is 5.08. The molecule has 0 aromatic carbocycles. The van der Waals surface area contributed by atoms with Crippen LogP contribution in [-0.4, -0.2) is 74.8 Å². The molecular formula is C9H14O9. The van der Waals surface area contributed by atoms with Crippen LogP contribution >= 0.6 is 0 Å². The largest absolute Gasteiger partial charge is 0.481 e. The summed E-state index contributed by atoms with van der Waals surface area (Å²) in [6, 6.07) is 0. The maximum absolute atomic E-state index is 11.0. The molecule has 0 bridgehead atoms. The topological polar surface area (TPSA) is 154 Å². The normalized spacial score (nSPS) is 36.1. The van der Waals surface area contributed by atoms with Crippen molar-refractivity contribution in [1.29, 1.82) is 0 Å². The van der Waals surface area contributed by atoms with Gasteiger partial charge in [-0.2, -0.15) is 0 Å². The van der Waals surface area contributed by atoms with Gasteiger partial charge in [0.05, 0.1) is 6.61 Å². The molecule has 9 heteroatoms. The summed E-state index contributed by atoms with van der Waals surface area (Å²) in [6.07, 6.45) is -8.79. The molecule has 1 rings (SSSR count). The molecule has 18 heavy (non-hydrogen) atoms. The second kappa shape index (κ2) is 6.07. The van der Waals surface area contributed by atoms with Gasteiger partial charge >= 0.3 is 11.9 Å². The fourth-order valence-corrected chi connectivity index (χ4v) is 1.46. The lowest BCUT2D eigenvalue weighted by molar-refractivity contribution is -0.292. The minimum atomic E-state index is -1.74. The van der Waals surface area contributed by atoms with Crippen molar-refractivity contribution in [1.82, 2.24) is 0 Å². The molecule has 1 fully saturated rings. The van der Waals surface area contributed by atoms with E-state index in [0.717, 1.165) is 0 Å². The van der Waals surface area contributed by atoms with Gasteiger partial charge in [0.1, 0.15) is 30.8 Å². The summed E-state index contributed by atoms with van der Waals surface area (Å²) >= 11 is 0. The van der Waals surface area contributed by atoms with Gasteiger partial charge in [0.25, 0.3) is 0 Å². The van der Waals surface area contributed by atoms with Crippen molar-refractivity contribution in [3.63, 3.8) is 0 Å². The zero-order chi connectivity index (χ0) is 13.9. The van der Waals surface area contributed by atoms with Gasteiger partial charge in [-0.25, -0.2) is 0 Å². The molecular weight excluding hydrogens is 252 g/mol. The number of carboxylic acids is 1. The number of aliphatic hydroxyl groups is 4. The lowest BCUT2D eigenvalue weighted by Crippen LogP contribution is -2.59. The standard InChI is InChI=1S/C9H14O9/c10-2-3-6(14)7(15)8(16)9(17-3)18-5(13)1-4(11)12/h3,6-10,14-16H,1-2H2,(H,11,12)/t3-,6-,7+,8-,9?/m1/s1. The number of rotatable bonds is 4. The predicted octanol–water partition coefficient (Wildman–Crippen LogP) is -3.20. The maximum Gasteiger partial charge on any atom is 0.319 e. The molecule has 5 atom stereocenters. The number of carbonyl (C=O) groups is 2. The van der Waals surface area contributed by atoms with Crippen molar-refractivity contribution in [2.24, 2.45) is 0 Å². The molecule has 1 saturated heterocycles. The van der Waals surface area contributed by atoms with Gasteiger partial charge in [-0.05, 0) is 0 Å². The number of aliphatic hydroxyl groups excluding tert-OH is 4. The number of ether oxygens (including phenoxy) is 2. The highest BCUT2D eigenvalue weighted by Crippen LogP contribution is 2.22. The molecule has 1 aliphatic rings. The smallest absolute Gasteiger partial charge is 0.319 e. The number of esters is 1. The maximum atomic E-state index is 11.0. The summed E-state index contributed by atoms with van der Waals surface area (Å²) in [5, 5.41) is 45.4. The van der Waals surface area contributed by atoms with Crippen LogP contribution in [0, 0.1) is 0 Å². The molecule has 104 valence electrons. The first kappa shape index (κ1) is 14.8. The van der Waals surface area contributed by atoms with E-state index < -0.39 is 55.7 Å². The van der Waals surface area contributed by atoms with Crippen LogP contribution in [-0.2, 0) is 19.1 Å². The Morgan fingerprint density at radius 3 is 2.22 bits per heavy atom. The number of carbonyl (C=O) groups excluding carboxylic acids is 1. The Hall–Kier alpha value is -1.26. The molecule has 5 N–H and O–H groups in total. The van der Waals surface area contributed by atoms with Crippen molar-refractivity contribution in [2.45, 2.75) is 37.1 Å². The van der Waals surface area contributed by atoms with Crippen LogP contribution in [0.1, 0.15) is 6.42 Å². The first-order valence-corrected chi connectivity index (χ1v) is 5.08. The average molecular weight is 266 g/mol. The van der Waals surface area contributed by atoms with E-state index >= 15 is 0 Å². The van der Waals surface area contributed by atoms with E-state index in [4.69, 9.17) is 14.9 Å². The van der Waals surface area contributed by atoms with Crippen molar-refractivity contribution in [2.75, 3.05) is 6.61 Å². The highest BCUT2D eigenvalue weighted by Gasteiger charge is 2.45. The van der Waals surface area contributed by atoms with Crippen molar-refractivity contribution in [3.8, 4) is 0 Å². The molecule has 0 amide bonds. The Morgan fingerprint density at radius 2 is 1.72 bits per heavy atom. The Morgan fingerprint density at radius 1 is 1.11 bits per heavy atom. The second-order valence-corrected chi connectivity index (χ2v) is 3.76. The molecule has 0 aromatic rings. The molecule has 0 aliphatic carbocycles. The molecule has 0 saturated carbocycles. The third-order valence-electron chi connectivity index (χ3n) is 2.39. The van der Waals surface area contributed by atoms with Crippen LogP contribution in [0.25, 0.3) is 0 Å². The zero-order valence-corrected chi connectivity index (χ0v) is 9.17. The molecule has 9 nitrogen and oxygen atoms in total. The SMILES string of the molecule is O=C(O)CC(=O)OC1O[C@H](CO)[C@@H](O)[C@H](O)[C@H]1O. The number of aliphatic carboxylic acids is 1. The predicted molar refractivity (Wildman–Crippen MR) is 52.1 cm³/mol. The van der Waals surface area contributed by atoms with Crippen LogP contribution in [0.5, 0.6) is 0 Å². The average Bonchev–Trinajstić information content (AvgIpc) is 2.29. The van der Waals surface area contributed by atoms with Gasteiger partial charge in [-0.15, -0.1) is 0 Å². The number of hydrogen-bond acceptors (Lipinski definition) is 8. The minimum Gasteiger partial charge on any atom is -0.481 e. The van der Waals surface area contributed by atoms with Crippen molar-refractivity contribution >= 4 is 11.9 Å². The Labute approximate surface area is 101 Å². The quantitative estimate of drug-likeness (QED) is 0.261. The number of carboxylic acid groups (broad SMARTS) is 1. The molecule has 1 aliphatic heterocycles. The Kier molecular flexibility index (Phi) is 4.99. The molecule has 0 radical (unpaired) electrons. The Bertz CT molecular complexity index is 315. The van der Waals surface area contributed by atoms with E-state index in [1.807, 2.05) is 0 Å². The van der Waals surface area contributed by atoms with Gasteiger partial charge in [-0.1, -0.05) is 0 Å². The lowest BCUT2D eigenvalue weighted by atomic mass is 9.99. The molecule has 0 spiro atoms. The summed E-state index contributed by atoms with van der Waals surface area (Å²) in [5.41, 5.74) is 0. The van der Waals surface area contributed by atoms with Crippen LogP contribution in [0.4, 0.5) is 0 Å². The molecule has 0 aromatic heterocycles. The van der Waals surface area contributed by atoms with Crippen molar-refractivity contribution < 1.29 is 44.6 Å². The third kappa shape index (κ3) is 3.37. The van der Waals surface area contributed by atoms with E-state index in [2.05, 4.69) is 4.74 Å². The number of hydrogen-bond donors (Lipinski definition) is 5. The van der Waals surface area contributed by atoms with E-state index in [1.54, 1.807) is 0 Å². The van der Waals surface area contributed by atoms with Gasteiger partial charge in [0, 0.05) is 0 Å². The Balaban J connectivity index is 2.64. The first-order chi connectivity index (χ1) is 8.36. The summed E-state index contributed by atoms with van der Waals surface area (Å²) in [4.78, 5) is 21.3. The van der Waals surface area contributed by atoms with Crippen LogP contribution in [0.3, 0.4) is 0 Å². The van der Waals surface area contributed by atoms with Gasteiger partial charge in [0.2, 0.25) is 6.29 Å². The summed E-state index contributed by atoms with van der Waals surface area (Å²) in [6.45, 7) is -0.669. The summed E-state index contributed by atoms with van der Waals surface area (Å²) in [7, 11) is 0. The lowest BCUT2D eigenvalue weighted by Gasteiger charge is -2.39. The van der Waals surface area contributed by atoms with Gasteiger partial charge in [-0.3, -0.25) is 9.59 Å². The second-order valence-electron chi connectivity index (χ2n) is 3.76. The monoisotopic (exact) mass is 266 g/mol. The van der Waals surface area contributed by atoms with E-state index in [9.17, 15) is 24.9 Å². The highest BCUT2D eigenvalue weighted by molar-refractivity contribution is 5.90. The van der Waals surface area contributed by atoms with E-state index in [-0.39, 0.29) is 0 Å². The molecule has 1 unspecified atom stereocenters. The summed E-state index contributed by atoms with van der Waals surface area (Å²) < 4.78 is 9.33. The van der Waals surface area contributed by atoms with Crippen LogP contribution in [0.15, 0.2) is 0 Å². The van der Waals surface area contributed by atoms with E-state index in [1.165, 1.54) is 0 Å². The van der Waals surface area contributed by atoms with E-state index in [0.29, 0.717) is 0 Å². The fraction of sp³-hybridized carbons (Fsp3) is 0.778. The minimum absolute atomic E-state index is 0.669.